The van der Waals surface area contributed by atoms with Crippen molar-refractivity contribution in [3.05, 3.63) is 66.0 Å². The lowest BCUT2D eigenvalue weighted by Crippen LogP contribution is -2.19. The second-order valence-electron chi connectivity index (χ2n) is 6.32. The molecule has 2 aromatic rings. The van der Waals surface area contributed by atoms with Crippen LogP contribution in [-0.4, -0.2) is 12.2 Å². The van der Waals surface area contributed by atoms with Crippen LogP contribution in [0.3, 0.4) is 0 Å². The maximum atomic E-state index is 13.6. The number of halogens is 1. The molecular formula is C19H25FNO3P. The van der Waals surface area contributed by atoms with E-state index in [1.165, 1.54) is 12.1 Å². The van der Waals surface area contributed by atoms with Gasteiger partial charge in [-0.3, -0.25) is 4.57 Å². The highest BCUT2D eigenvalue weighted by atomic mass is 31.2. The van der Waals surface area contributed by atoms with E-state index in [9.17, 15) is 8.96 Å². The van der Waals surface area contributed by atoms with Crippen molar-refractivity contribution in [3.8, 4) is 0 Å². The normalized spacial score (nSPS) is 13.2. The summed E-state index contributed by atoms with van der Waals surface area (Å²) >= 11 is 0. The molecule has 0 saturated carbocycles. The Bertz CT molecular complexity index is 708. The van der Waals surface area contributed by atoms with E-state index in [2.05, 4.69) is 5.32 Å². The molecule has 1 atom stereocenters. The summed E-state index contributed by atoms with van der Waals surface area (Å²) in [7, 11) is -3.58. The summed E-state index contributed by atoms with van der Waals surface area (Å²) in [6.45, 7) is 7.22. The first-order valence-corrected chi connectivity index (χ1v) is 9.95. The molecule has 0 radical (unpaired) electrons. The third-order valence-corrected chi connectivity index (χ3v) is 5.77. The van der Waals surface area contributed by atoms with E-state index in [1.807, 2.05) is 30.3 Å². The summed E-state index contributed by atoms with van der Waals surface area (Å²) in [5, 5.41) is 3.13. The fourth-order valence-electron chi connectivity index (χ4n) is 2.45. The molecule has 0 aromatic heterocycles. The van der Waals surface area contributed by atoms with E-state index in [1.54, 1.807) is 39.8 Å². The second-order valence-corrected chi connectivity index (χ2v) is 8.33. The van der Waals surface area contributed by atoms with Crippen LogP contribution in [0.4, 0.5) is 10.1 Å². The van der Waals surface area contributed by atoms with E-state index >= 15 is 0 Å². The molecule has 2 aromatic carbocycles. The highest BCUT2D eigenvalue weighted by Crippen LogP contribution is 2.62. The van der Waals surface area contributed by atoms with Gasteiger partial charge < -0.3 is 14.4 Å². The first-order chi connectivity index (χ1) is 11.8. The zero-order chi connectivity index (χ0) is 18.4. The van der Waals surface area contributed by atoms with Crippen molar-refractivity contribution in [1.82, 2.24) is 0 Å². The Morgan fingerprint density at radius 3 is 2.04 bits per heavy atom. The quantitative estimate of drug-likeness (QED) is 0.585. The molecule has 0 amide bonds. The molecule has 0 fully saturated rings. The predicted molar refractivity (Wildman–Crippen MR) is 99.3 cm³/mol. The zero-order valence-corrected chi connectivity index (χ0v) is 15.9. The molecule has 0 aliphatic carbocycles. The number of hydrogen-bond acceptors (Lipinski definition) is 4. The molecule has 2 rings (SSSR count). The Morgan fingerprint density at radius 1 is 0.920 bits per heavy atom. The fraction of sp³-hybridized carbons (Fsp3) is 0.368. The van der Waals surface area contributed by atoms with Crippen LogP contribution in [0, 0.1) is 5.82 Å². The predicted octanol–water partition coefficient (Wildman–Crippen LogP) is 5.98. The molecular weight excluding hydrogens is 340 g/mol. The highest BCUT2D eigenvalue weighted by molar-refractivity contribution is 7.54. The van der Waals surface area contributed by atoms with Crippen molar-refractivity contribution in [1.29, 1.82) is 0 Å². The number of nitrogens with one attached hydrogen (secondary N) is 1. The largest absolute Gasteiger partial charge is 0.368 e. The monoisotopic (exact) mass is 365 g/mol. The average Bonchev–Trinajstić information content (AvgIpc) is 2.52. The maximum absolute atomic E-state index is 13.6. The second kappa shape index (κ2) is 8.61. The minimum absolute atomic E-state index is 0.287. The Morgan fingerprint density at radius 2 is 1.52 bits per heavy atom. The summed E-state index contributed by atoms with van der Waals surface area (Å²) < 4.78 is 38.7. The van der Waals surface area contributed by atoms with E-state index in [0.717, 1.165) is 5.56 Å². The molecule has 25 heavy (non-hydrogen) atoms. The van der Waals surface area contributed by atoms with Gasteiger partial charge in [0.1, 0.15) is 5.82 Å². The van der Waals surface area contributed by atoms with Gasteiger partial charge in [-0.15, -0.1) is 0 Å². The number of benzene rings is 2. The third kappa shape index (κ3) is 5.67. The maximum Gasteiger partial charge on any atom is 0.357 e. The molecule has 1 N–H and O–H groups in total. The van der Waals surface area contributed by atoms with Crippen LogP contribution < -0.4 is 5.32 Å². The Balaban J connectivity index is 2.46. The van der Waals surface area contributed by atoms with Crippen molar-refractivity contribution in [2.45, 2.75) is 45.7 Å². The van der Waals surface area contributed by atoms with Gasteiger partial charge in [-0.25, -0.2) is 4.39 Å². The minimum Gasteiger partial charge on any atom is -0.368 e. The Labute approximate surface area is 148 Å². The van der Waals surface area contributed by atoms with Crippen LogP contribution in [-0.2, 0) is 13.6 Å². The van der Waals surface area contributed by atoms with Gasteiger partial charge in [-0.1, -0.05) is 36.4 Å². The van der Waals surface area contributed by atoms with Gasteiger partial charge in [0, 0.05) is 5.69 Å². The smallest absolute Gasteiger partial charge is 0.357 e. The summed E-state index contributed by atoms with van der Waals surface area (Å²) in [6, 6.07) is 15.3. The van der Waals surface area contributed by atoms with Gasteiger partial charge in [0.25, 0.3) is 0 Å². The standard InChI is InChI=1S/C19H25FNO3P/c1-14(2)23-25(22,24-15(3)4)19(16-9-6-5-7-10-16)21-18-12-8-11-17(20)13-18/h5-15,19,21H,1-4H3. The van der Waals surface area contributed by atoms with Gasteiger partial charge in [-0.05, 0) is 51.5 Å². The summed E-state index contributed by atoms with van der Waals surface area (Å²) in [6.07, 6.45) is -0.574. The SMILES string of the molecule is CC(C)OP(=O)(OC(C)C)C(Nc1cccc(F)c1)c1ccccc1. The molecule has 6 heteroatoms. The number of anilines is 1. The molecule has 4 nitrogen and oxygen atoms in total. The minimum atomic E-state index is -3.58. The first kappa shape index (κ1) is 19.6. The Kier molecular flexibility index (Phi) is 6.77. The summed E-state index contributed by atoms with van der Waals surface area (Å²) in [5.74, 6) is -1.12. The number of rotatable bonds is 8. The molecule has 0 bridgehead atoms. The van der Waals surface area contributed by atoms with Crippen molar-refractivity contribution >= 4 is 13.3 Å². The molecule has 0 heterocycles. The van der Waals surface area contributed by atoms with Gasteiger partial charge >= 0.3 is 7.60 Å². The van der Waals surface area contributed by atoms with E-state index in [4.69, 9.17) is 9.05 Å². The van der Waals surface area contributed by atoms with E-state index < -0.39 is 13.4 Å². The van der Waals surface area contributed by atoms with Crippen molar-refractivity contribution in [2.75, 3.05) is 5.32 Å². The van der Waals surface area contributed by atoms with Crippen LogP contribution >= 0.6 is 7.60 Å². The molecule has 0 aliphatic heterocycles. The number of hydrogen-bond donors (Lipinski definition) is 1. The van der Waals surface area contributed by atoms with Gasteiger partial charge in [0.15, 0.2) is 5.78 Å². The summed E-state index contributed by atoms with van der Waals surface area (Å²) in [5.41, 5.74) is 1.25. The molecule has 0 aliphatic rings. The lowest BCUT2D eigenvalue weighted by Gasteiger charge is -2.31. The van der Waals surface area contributed by atoms with Gasteiger partial charge in [-0.2, -0.15) is 0 Å². The van der Waals surface area contributed by atoms with Gasteiger partial charge in [0.2, 0.25) is 0 Å². The van der Waals surface area contributed by atoms with Crippen LogP contribution in [0.25, 0.3) is 0 Å². The van der Waals surface area contributed by atoms with Crippen molar-refractivity contribution < 1.29 is 18.0 Å². The van der Waals surface area contributed by atoms with Gasteiger partial charge in [0.05, 0.1) is 12.2 Å². The molecule has 0 spiro atoms. The lowest BCUT2D eigenvalue weighted by molar-refractivity contribution is 0.138. The van der Waals surface area contributed by atoms with Crippen LogP contribution in [0.2, 0.25) is 0 Å². The van der Waals surface area contributed by atoms with Crippen molar-refractivity contribution in [3.63, 3.8) is 0 Å². The third-order valence-electron chi connectivity index (χ3n) is 3.28. The molecule has 0 saturated heterocycles. The van der Waals surface area contributed by atoms with E-state index in [0.29, 0.717) is 5.69 Å². The first-order valence-electron chi connectivity index (χ1n) is 8.34. The fourth-order valence-corrected chi connectivity index (χ4v) is 4.76. The van der Waals surface area contributed by atoms with Crippen LogP contribution in [0.5, 0.6) is 0 Å². The Hall–Kier alpha value is -1.68. The lowest BCUT2D eigenvalue weighted by atomic mass is 10.2. The summed E-state index contributed by atoms with van der Waals surface area (Å²) in [4.78, 5) is 0. The molecule has 1 unspecified atom stereocenters. The van der Waals surface area contributed by atoms with Crippen LogP contribution in [0.1, 0.15) is 39.0 Å². The van der Waals surface area contributed by atoms with Crippen molar-refractivity contribution in [2.24, 2.45) is 0 Å². The van der Waals surface area contributed by atoms with E-state index in [-0.39, 0.29) is 18.0 Å². The average molecular weight is 365 g/mol. The highest BCUT2D eigenvalue weighted by Gasteiger charge is 2.39. The zero-order valence-electron chi connectivity index (χ0n) is 15.0. The van der Waals surface area contributed by atoms with Crippen LogP contribution in [0.15, 0.2) is 54.6 Å². The molecule has 136 valence electrons. The topological polar surface area (TPSA) is 47.6 Å².